The van der Waals surface area contributed by atoms with Gasteiger partial charge in [-0.15, -0.1) is 0 Å². The van der Waals surface area contributed by atoms with Crippen molar-refractivity contribution in [2.45, 2.75) is 0 Å². The van der Waals surface area contributed by atoms with E-state index in [9.17, 15) is 0 Å². The van der Waals surface area contributed by atoms with E-state index in [1.807, 2.05) is 54.6 Å². The van der Waals surface area contributed by atoms with Crippen LogP contribution < -0.4 is 0 Å². The van der Waals surface area contributed by atoms with Gasteiger partial charge in [-0.3, -0.25) is 0 Å². The summed E-state index contributed by atoms with van der Waals surface area (Å²) in [4.78, 5) is 9.33. The number of rotatable bonds is 0. The molecule has 0 aliphatic rings. The normalized spacial score (nSPS) is 11.9. The number of hydrogen-bond acceptors (Lipinski definition) is 3. The first-order chi connectivity index (χ1) is 10.8. The first-order valence-electron chi connectivity index (χ1n) is 6.97. The van der Waals surface area contributed by atoms with Crippen LogP contribution >= 0.6 is 11.6 Å². The number of benzene rings is 3. The lowest BCUT2D eigenvalue weighted by Crippen LogP contribution is -1.84. The third kappa shape index (κ3) is 1.57. The monoisotopic (exact) mass is 304 g/mol. The predicted molar refractivity (Wildman–Crippen MR) is 89.3 cm³/mol. The Morgan fingerprint density at radius 1 is 0.864 bits per heavy atom. The molecule has 22 heavy (non-hydrogen) atoms. The van der Waals surface area contributed by atoms with Gasteiger partial charge in [0.05, 0.1) is 16.4 Å². The largest absolute Gasteiger partial charge is 0.436 e. The molecule has 0 bridgehead atoms. The number of nitrogens with zero attached hydrogens (tertiary/aromatic N) is 2. The predicted octanol–water partition coefficient (Wildman–Crippen LogP) is 5.34. The van der Waals surface area contributed by atoms with Crippen LogP contribution in [0.3, 0.4) is 0 Å². The minimum atomic E-state index is 0.566. The molecule has 2 aromatic heterocycles. The zero-order chi connectivity index (χ0) is 14.7. The molecule has 0 amide bonds. The number of aromatic nitrogens is 2. The second kappa shape index (κ2) is 4.18. The van der Waals surface area contributed by atoms with Gasteiger partial charge in [0.15, 0.2) is 0 Å². The van der Waals surface area contributed by atoms with Crippen LogP contribution in [0.1, 0.15) is 0 Å². The maximum absolute atomic E-state index is 6.09. The van der Waals surface area contributed by atoms with Crippen LogP contribution in [0.15, 0.2) is 59.0 Å². The van der Waals surface area contributed by atoms with Crippen molar-refractivity contribution >= 4 is 55.6 Å². The molecule has 0 fully saturated rings. The molecule has 0 spiro atoms. The van der Waals surface area contributed by atoms with E-state index in [4.69, 9.17) is 21.0 Å². The summed E-state index contributed by atoms with van der Waals surface area (Å²) in [6.45, 7) is 0. The maximum Gasteiger partial charge on any atom is 0.246 e. The van der Waals surface area contributed by atoms with Crippen molar-refractivity contribution in [3.63, 3.8) is 0 Å². The van der Waals surface area contributed by atoms with Crippen molar-refractivity contribution < 1.29 is 4.42 Å². The third-order valence-corrected chi connectivity index (χ3v) is 4.16. The average molecular weight is 305 g/mol. The van der Waals surface area contributed by atoms with E-state index in [0.717, 1.165) is 43.3 Å². The van der Waals surface area contributed by atoms with Gasteiger partial charge in [0.1, 0.15) is 11.1 Å². The summed E-state index contributed by atoms with van der Waals surface area (Å²) in [5, 5.41) is 3.85. The molecule has 0 N–H and O–H groups in total. The lowest BCUT2D eigenvalue weighted by Gasteiger charge is -2.00. The average Bonchev–Trinajstić information content (AvgIpc) is 2.90. The minimum absolute atomic E-state index is 0.566. The molecular weight excluding hydrogens is 296 g/mol. The van der Waals surface area contributed by atoms with E-state index < -0.39 is 0 Å². The minimum Gasteiger partial charge on any atom is -0.436 e. The van der Waals surface area contributed by atoms with Crippen LogP contribution in [0.25, 0.3) is 44.0 Å². The smallest absolute Gasteiger partial charge is 0.246 e. The summed E-state index contributed by atoms with van der Waals surface area (Å²) in [7, 11) is 0. The van der Waals surface area contributed by atoms with E-state index >= 15 is 0 Å². The molecule has 0 saturated carbocycles. The Morgan fingerprint density at radius 3 is 2.55 bits per heavy atom. The van der Waals surface area contributed by atoms with Gasteiger partial charge in [-0.25, -0.2) is 9.97 Å². The second-order valence-electron chi connectivity index (χ2n) is 5.27. The summed E-state index contributed by atoms with van der Waals surface area (Å²) in [5.74, 6) is 0. The number of para-hydroxylation sites is 2. The first kappa shape index (κ1) is 12.0. The number of furan rings is 1. The zero-order valence-corrected chi connectivity index (χ0v) is 12.1. The molecule has 0 radical (unpaired) electrons. The molecule has 0 unspecified atom stereocenters. The second-order valence-corrected chi connectivity index (χ2v) is 5.71. The van der Waals surface area contributed by atoms with Crippen molar-refractivity contribution in [1.29, 1.82) is 0 Å². The summed E-state index contributed by atoms with van der Waals surface area (Å²) in [6.07, 6.45) is 0. The number of fused-ring (bicyclic) bond motifs is 6. The topological polar surface area (TPSA) is 38.9 Å². The molecule has 5 aromatic rings. The molecule has 0 aliphatic heterocycles. The van der Waals surface area contributed by atoms with E-state index in [0.29, 0.717) is 5.71 Å². The summed E-state index contributed by atoms with van der Waals surface area (Å²) < 4.78 is 5.89. The molecular formula is C18H9ClN2O. The van der Waals surface area contributed by atoms with Crippen LogP contribution in [-0.2, 0) is 0 Å². The van der Waals surface area contributed by atoms with E-state index in [1.165, 1.54) is 0 Å². The van der Waals surface area contributed by atoms with Gasteiger partial charge in [0, 0.05) is 5.02 Å². The summed E-state index contributed by atoms with van der Waals surface area (Å²) in [6, 6.07) is 17.6. The van der Waals surface area contributed by atoms with Crippen molar-refractivity contribution in [1.82, 2.24) is 9.97 Å². The third-order valence-electron chi connectivity index (χ3n) is 3.93. The van der Waals surface area contributed by atoms with Crippen molar-refractivity contribution in [2.75, 3.05) is 0 Å². The molecule has 3 aromatic carbocycles. The van der Waals surface area contributed by atoms with Gasteiger partial charge in [-0.05, 0) is 41.1 Å². The van der Waals surface area contributed by atoms with Crippen molar-refractivity contribution in [2.24, 2.45) is 0 Å². The lowest BCUT2D eigenvalue weighted by atomic mass is 10.1. The van der Waals surface area contributed by atoms with Gasteiger partial charge < -0.3 is 4.42 Å². The van der Waals surface area contributed by atoms with Gasteiger partial charge >= 0.3 is 0 Å². The Labute approximate surface area is 130 Å². The van der Waals surface area contributed by atoms with E-state index in [2.05, 4.69) is 4.98 Å². The van der Waals surface area contributed by atoms with Gasteiger partial charge in [-0.2, -0.15) is 0 Å². The van der Waals surface area contributed by atoms with E-state index in [1.54, 1.807) is 0 Å². The highest BCUT2D eigenvalue weighted by atomic mass is 35.5. The fourth-order valence-electron chi connectivity index (χ4n) is 2.93. The zero-order valence-electron chi connectivity index (χ0n) is 11.4. The Bertz CT molecular complexity index is 1190. The Morgan fingerprint density at radius 2 is 1.68 bits per heavy atom. The quantitative estimate of drug-likeness (QED) is 0.388. The SMILES string of the molecule is Clc1ccc2c(ccc3oc4nc5ccccc5nc4c32)c1. The van der Waals surface area contributed by atoms with Gasteiger partial charge in [0.25, 0.3) is 0 Å². The van der Waals surface area contributed by atoms with Gasteiger partial charge in [0.2, 0.25) is 5.71 Å². The fourth-order valence-corrected chi connectivity index (χ4v) is 3.11. The summed E-state index contributed by atoms with van der Waals surface area (Å²) >= 11 is 6.09. The fraction of sp³-hybridized carbons (Fsp3) is 0. The van der Waals surface area contributed by atoms with Crippen molar-refractivity contribution in [3.05, 3.63) is 59.6 Å². The first-order valence-corrected chi connectivity index (χ1v) is 7.35. The Balaban J connectivity index is 2.05. The highest BCUT2D eigenvalue weighted by Crippen LogP contribution is 2.34. The molecule has 4 heteroatoms. The van der Waals surface area contributed by atoms with Crippen LogP contribution in [-0.4, -0.2) is 9.97 Å². The maximum atomic E-state index is 6.09. The van der Waals surface area contributed by atoms with Crippen molar-refractivity contribution in [3.8, 4) is 0 Å². The molecule has 104 valence electrons. The van der Waals surface area contributed by atoms with Crippen LogP contribution in [0.4, 0.5) is 0 Å². The molecule has 3 nitrogen and oxygen atoms in total. The van der Waals surface area contributed by atoms with E-state index in [-0.39, 0.29) is 0 Å². The van der Waals surface area contributed by atoms with Crippen LogP contribution in [0, 0.1) is 0 Å². The molecule has 0 aliphatic carbocycles. The molecule has 0 atom stereocenters. The summed E-state index contributed by atoms with van der Waals surface area (Å²) in [5.41, 5.74) is 3.85. The van der Waals surface area contributed by atoms with Gasteiger partial charge in [-0.1, -0.05) is 35.9 Å². The highest BCUT2D eigenvalue weighted by Gasteiger charge is 2.14. The molecule has 2 heterocycles. The Hall–Kier alpha value is -2.65. The lowest BCUT2D eigenvalue weighted by molar-refractivity contribution is 0.655. The molecule has 0 saturated heterocycles. The van der Waals surface area contributed by atoms with Crippen LogP contribution in [0.2, 0.25) is 5.02 Å². The van der Waals surface area contributed by atoms with Crippen LogP contribution in [0.5, 0.6) is 0 Å². The molecule has 5 rings (SSSR count). The Kier molecular flexibility index (Phi) is 2.27. The number of hydrogen-bond donors (Lipinski definition) is 0. The standard InChI is InChI=1S/C18H9ClN2O/c19-11-6-7-12-10(9-11)5-8-15-16(12)17-18(22-15)21-14-4-2-1-3-13(14)20-17/h1-9H. The number of halogens is 1. The highest BCUT2D eigenvalue weighted by molar-refractivity contribution is 6.32.